The highest BCUT2D eigenvalue weighted by molar-refractivity contribution is 5.57. The van der Waals surface area contributed by atoms with Crippen molar-refractivity contribution in [3.8, 4) is 6.07 Å². The Morgan fingerprint density at radius 1 is 1.50 bits per heavy atom. The lowest BCUT2D eigenvalue weighted by Crippen LogP contribution is -1.99. The minimum atomic E-state index is -2.69. The van der Waals surface area contributed by atoms with Crippen LogP contribution in [0.3, 0.4) is 0 Å². The van der Waals surface area contributed by atoms with Crippen molar-refractivity contribution in [3.05, 3.63) is 23.5 Å². The summed E-state index contributed by atoms with van der Waals surface area (Å²) >= 11 is 0. The van der Waals surface area contributed by atoms with Crippen LogP contribution in [0.25, 0.3) is 0 Å². The summed E-state index contributed by atoms with van der Waals surface area (Å²) < 4.78 is 24.2. The Morgan fingerprint density at radius 2 is 2.17 bits per heavy atom. The van der Waals surface area contributed by atoms with Crippen LogP contribution in [0.15, 0.2) is 12.4 Å². The molecule has 3 nitrogen and oxygen atoms in total. The number of alkyl halides is 2. The zero-order chi connectivity index (χ0) is 9.14. The number of hydrogen-bond acceptors (Lipinski definition) is 3. The van der Waals surface area contributed by atoms with Crippen molar-refractivity contribution in [2.45, 2.75) is 6.43 Å². The Morgan fingerprint density at radius 3 is 2.67 bits per heavy atom. The van der Waals surface area contributed by atoms with Crippen LogP contribution in [0, 0.1) is 11.3 Å². The van der Waals surface area contributed by atoms with Crippen molar-refractivity contribution in [3.63, 3.8) is 0 Å². The average Bonchev–Trinajstić information content (AvgIpc) is 2.04. The van der Waals surface area contributed by atoms with Gasteiger partial charge in [0.2, 0.25) is 0 Å². The molecule has 62 valence electrons. The summed E-state index contributed by atoms with van der Waals surface area (Å²) in [6, 6.07) is 1.67. The molecule has 0 unspecified atom stereocenters. The molecule has 0 aliphatic heterocycles. The SMILES string of the molecule is N#Cc1cncc(C(F)F)c1N. The van der Waals surface area contributed by atoms with Gasteiger partial charge < -0.3 is 5.73 Å². The lowest BCUT2D eigenvalue weighted by molar-refractivity contribution is 0.152. The molecule has 12 heavy (non-hydrogen) atoms. The van der Waals surface area contributed by atoms with Gasteiger partial charge in [0.1, 0.15) is 6.07 Å². The molecule has 1 aromatic rings. The van der Waals surface area contributed by atoms with E-state index < -0.39 is 12.0 Å². The van der Waals surface area contributed by atoms with Crippen molar-refractivity contribution in [1.82, 2.24) is 4.98 Å². The molecule has 0 saturated carbocycles. The molecule has 0 radical (unpaired) electrons. The zero-order valence-electron chi connectivity index (χ0n) is 5.96. The molecule has 0 saturated heterocycles. The highest BCUT2D eigenvalue weighted by Gasteiger charge is 2.13. The standard InChI is InChI=1S/C7H5F2N3/c8-7(9)5-3-12-2-4(1-10)6(5)11/h2-3,7H,(H2,11,12). The van der Waals surface area contributed by atoms with E-state index in [2.05, 4.69) is 4.98 Å². The average molecular weight is 169 g/mol. The minimum absolute atomic E-state index is 0.0206. The fraction of sp³-hybridized carbons (Fsp3) is 0.143. The van der Waals surface area contributed by atoms with Crippen molar-refractivity contribution < 1.29 is 8.78 Å². The van der Waals surface area contributed by atoms with E-state index in [0.29, 0.717) is 0 Å². The maximum atomic E-state index is 12.1. The fourth-order valence-corrected chi connectivity index (χ4v) is 0.750. The van der Waals surface area contributed by atoms with Gasteiger partial charge in [0, 0.05) is 12.4 Å². The van der Waals surface area contributed by atoms with E-state index in [-0.39, 0.29) is 11.3 Å². The van der Waals surface area contributed by atoms with Crippen LogP contribution >= 0.6 is 0 Å². The number of rotatable bonds is 1. The molecular weight excluding hydrogens is 164 g/mol. The van der Waals surface area contributed by atoms with Gasteiger partial charge in [-0.25, -0.2) is 8.78 Å². The summed E-state index contributed by atoms with van der Waals surface area (Å²) in [4.78, 5) is 3.46. The first-order chi connectivity index (χ1) is 5.66. The van der Waals surface area contributed by atoms with Gasteiger partial charge in [-0.15, -0.1) is 0 Å². The molecule has 0 spiro atoms. The Bertz CT molecular complexity index is 330. The van der Waals surface area contributed by atoms with Crippen LogP contribution in [0.2, 0.25) is 0 Å². The van der Waals surface area contributed by atoms with Crippen molar-refractivity contribution in [2.24, 2.45) is 0 Å². The summed E-state index contributed by atoms with van der Waals surface area (Å²) in [6.45, 7) is 0. The van der Waals surface area contributed by atoms with Gasteiger partial charge in [0.05, 0.1) is 16.8 Å². The van der Waals surface area contributed by atoms with Gasteiger partial charge in [-0.3, -0.25) is 4.98 Å². The molecule has 0 aliphatic carbocycles. The maximum Gasteiger partial charge on any atom is 0.267 e. The molecule has 5 heteroatoms. The number of nitrogens with two attached hydrogens (primary N) is 1. The molecule has 0 aliphatic rings. The molecule has 0 aromatic carbocycles. The maximum absolute atomic E-state index is 12.1. The van der Waals surface area contributed by atoms with Crippen LogP contribution in [0.4, 0.5) is 14.5 Å². The van der Waals surface area contributed by atoms with E-state index in [0.717, 1.165) is 12.4 Å². The topological polar surface area (TPSA) is 62.7 Å². The van der Waals surface area contributed by atoms with E-state index in [1.54, 1.807) is 6.07 Å². The third-order valence-corrected chi connectivity index (χ3v) is 1.37. The molecular formula is C7H5F2N3. The second-order valence-electron chi connectivity index (χ2n) is 2.10. The van der Waals surface area contributed by atoms with Crippen LogP contribution in [0.1, 0.15) is 17.6 Å². The molecule has 1 rings (SSSR count). The summed E-state index contributed by atoms with van der Waals surface area (Å²) in [6.07, 6.45) is -0.576. The molecule has 0 amide bonds. The number of nitrogens with zero attached hydrogens (tertiary/aromatic N) is 2. The predicted octanol–water partition coefficient (Wildman–Crippen LogP) is 1.47. The monoisotopic (exact) mass is 169 g/mol. The first-order valence-electron chi connectivity index (χ1n) is 3.08. The van der Waals surface area contributed by atoms with Gasteiger partial charge in [0.15, 0.2) is 0 Å². The Hall–Kier alpha value is -1.70. The van der Waals surface area contributed by atoms with Crippen molar-refractivity contribution >= 4 is 5.69 Å². The summed E-state index contributed by atoms with van der Waals surface area (Å²) in [5, 5.41) is 8.41. The first kappa shape index (κ1) is 8.40. The third-order valence-electron chi connectivity index (χ3n) is 1.37. The van der Waals surface area contributed by atoms with Gasteiger partial charge in [-0.05, 0) is 0 Å². The van der Waals surface area contributed by atoms with Gasteiger partial charge in [-0.1, -0.05) is 0 Å². The van der Waals surface area contributed by atoms with Crippen molar-refractivity contribution in [1.29, 1.82) is 5.26 Å². The molecule has 2 N–H and O–H groups in total. The lowest BCUT2D eigenvalue weighted by atomic mass is 10.2. The van der Waals surface area contributed by atoms with E-state index >= 15 is 0 Å². The van der Waals surface area contributed by atoms with Crippen LogP contribution in [-0.2, 0) is 0 Å². The number of nitrogen functional groups attached to an aromatic ring is 1. The Balaban J connectivity index is 3.25. The van der Waals surface area contributed by atoms with E-state index in [9.17, 15) is 8.78 Å². The second kappa shape index (κ2) is 3.13. The number of hydrogen-bond donors (Lipinski definition) is 1. The van der Waals surface area contributed by atoms with E-state index in [1.165, 1.54) is 0 Å². The largest absolute Gasteiger partial charge is 0.397 e. The number of halogens is 2. The van der Waals surface area contributed by atoms with Crippen molar-refractivity contribution in [2.75, 3.05) is 5.73 Å². The predicted molar refractivity (Wildman–Crippen MR) is 38.3 cm³/mol. The quantitative estimate of drug-likeness (QED) is 0.692. The van der Waals surface area contributed by atoms with Gasteiger partial charge in [-0.2, -0.15) is 5.26 Å². The second-order valence-corrected chi connectivity index (χ2v) is 2.10. The van der Waals surface area contributed by atoms with E-state index in [1.807, 2.05) is 0 Å². The number of anilines is 1. The van der Waals surface area contributed by atoms with Gasteiger partial charge >= 0.3 is 0 Å². The number of pyridine rings is 1. The third kappa shape index (κ3) is 1.32. The van der Waals surface area contributed by atoms with Crippen LogP contribution < -0.4 is 5.73 Å². The highest BCUT2D eigenvalue weighted by atomic mass is 19.3. The van der Waals surface area contributed by atoms with Gasteiger partial charge in [0.25, 0.3) is 6.43 Å². The molecule has 0 fully saturated rings. The lowest BCUT2D eigenvalue weighted by Gasteiger charge is -2.03. The fourth-order valence-electron chi connectivity index (χ4n) is 0.750. The summed E-state index contributed by atoms with van der Waals surface area (Å²) in [7, 11) is 0. The summed E-state index contributed by atoms with van der Waals surface area (Å²) in [5.41, 5.74) is 4.65. The molecule has 0 atom stereocenters. The Kier molecular flexibility index (Phi) is 2.19. The van der Waals surface area contributed by atoms with Crippen LogP contribution in [0.5, 0.6) is 0 Å². The summed E-state index contributed by atoms with van der Waals surface area (Å²) in [5.74, 6) is 0. The first-order valence-corrected chi connectivity index (χ1v) is 3.08. The molecule has 1 heterocycles. The smallest absolute Gasteiger partial charge is 0.267 e. The zero-order valence-corrected chi connectivity index (χ0v) is 5.96. The normalized spacial score (nSPS) is 9.83. The molecule has 0 bridgehead atoms. The highest BCUT2D eigenvalue weighted by Crippen LogP contribution is 2.25. The number of nitriles is 1. The van der Waals surface area contributed by atoms with E-state index in [4.69, 9.17) is 11.0 Å². The minimum Gasteiger partial charge on any atom is -0.397 e. The molecule has 1 aromatic heterocycles. The van der Waals surface area contributed by atoms with Crippen LogP contribution in [-0.4, -0.2) is 4.98 Å². The Labute approximate surface area is 67.4 Å². The number of aromatic nitrogens is 1.